The standard InChI is InChI=1S/C21H26N6OS2/c1-14-6-7-16(17(12-14)27-10-4-3-5-11-27)25-19(28)26-21-24-13-18(30-21)15(2)29-20-22-8-9-23-20/h6-9,12-13,15H,3-5,10-11H2,1-2H3,(H,22,23)(H2,24,25,26,28). The van der Waals surface area contributed by atoms with Gasteiger partial charge in [0.2, 0.25) is 0 Å². The van der Waals surface area contributed by atoms with E-state index in [9.17, 15) is 4.79 Å². The maximum absolute atomic E-state index is 12.6. The molecule has 1 atom stereocenters. The first-order chi connectivity index (χ1) is 14.6. The van der Waals surface area contributed by atoms with Gasteiger partial charge in [0.05, 0.1) is 11.4 Å². The average molecular weight is 443 g/mol. The molecule has 3 heterocycles. The zero-order valence-corrected chi connectivity index (χ0v) is 18.8. The highest BCUT2D eigenvalue weighted by Crippen LogP contribution is 2.37. The Labute approximate surface area is 184 Å². The first-order valence-electron chi connectivity index (χ1n) is 10.1. The third-order valence-corrected chi connectivity index (χ3v) is 7.30. The lowest BCUT2D eigenvalue weighted by molar-refractivity contribution is 0.262. The molecule has 2 amide bonds. The van der Waals surface area contributed by atoms with Crippen LogP contribution in [0.5, 0.6) is 0 Å². The summed E-state index contributed by atoms with van der Waals surface area (Å²) >= 11 is 3.11. The number of aromatic amines is 1. The fourth-order valence-electron chi connectivity index (χ4n) is 3.47. The molecule has 1 saturated heterocycles. The molecule has 0 aliphatic carbocycles. The zero-order chi connectivity index (χ0) is 20.9. The van der Waals surface area contributed by atoms with Crippen LogP contribution >= 0.6 is 23.1 Å². The van der Waals surface area contributed by atoms with E-state index in [1.165, 1.54) is 36.2 Å². The van der Waals surface area contributed by atoms with Crippen molar-refractivity contribution < 1.29 is 4.79 Å². The van der Waals surface area contributed by atoms with E-state index in [-0.39, 0.29) is 11.3 Å². The van der Waals surface area contributed by atoms with Crippen molar-refractivity contribution in [3.8, 4) is 0 Å². The number of hydrogen-bond acceptors (Lipinski definition) is 6. The predicted molar refractivity (Wildman–Crippen MR) is 125 cm³/mol. The van der Waals surface area contributed by atoms with Crippen molar-refractivity contribution in [1.82, 2.24) is 15.0 Å². The lowest BCUT2D eigenvalue weighted by Gasteiger charge is -2.30. The summed E-state index contributed by atoms with van der Waals surface area (Å²) < 4.78 is 0. The highest BCUT2D eigenvalue weighted by Gasteiger charge is 2.18. The molecule has 4 rings (SSSR count). The number of aromatic nitrogens is 3. The molecule has 1 aromatic carbocycles. The van der Waals surface area contributed by atoms with E-state index in [1.54, 1.807) is 18.0 Å². The highest BCUT2D eigenvalue weighted by atomic mass is 32.2. The maximum atomic E-state index is 12.6. The van der Waals surface area contributed by atoms with Crippen molar-refractivity contribution in [3.05, 3.63) is 47.2 Å². The average Bonchev–Trinajstić information content (AvgIpc) is 3.42. The quantitative estimate of drug-likeness (QED) is 0.429. The molecule has 1 unspecified atom stereocenters. The van der Waals surface area contributed by atoms with Crippen LogP contribution < -0.4 is 15.5 Å². The maximum Gasteiger partial charge on any atom is 0.325 e. The molecule has 3 N–H and O–H groups in total. The van der Waals surface area contributed by atoms with Crippen molar-refractivity contribution in [2.75, 3.05) is 28.6 Å². The smallest absolute Gasteiger partial charge is 0.325 e. The van der Waals surface area contributed by atoms with Gasteiger partial charge in [0.25, 0.3) is 0 Å². The Bertz CT molecular complexity index is 981. The fraction of sp³-hybridized carbons (Fsp3) is 0.381. The van der Waals surface area contributed by atoms with Gasteiger partial charge in [0.1, 0.15) is 0 Å². The molecule has 7 nitrogen and oxygen atoms in total. The van der Waals surface area contributed by atoms with Gasteiger partial charge in [-0.2, -0.15) is 0 Å². The van der Waals surface area contributed by atoms with Crippen molar-refractivity contribution in [2.24, 2.45) is 0 Å². The second kappa shape index (κ2) is 9.53. The molecule has 0 bridgehead atoms. The topological polar surface area (TPSA) is 85.9 Å². The number of piperidine rings is 1. The van der Waals surface area contributed by atoms with Crippen LogP contribution in [0.3, 0.4) is 0 Å². The minimum absolute atomic E-state index is 0.190. The first kappa shape index (κ1) is 20.7. The summed E-state index contributed by atoms with van der Waals surface area (Å²) in [6.45, 7) is 6.24. The summed E-state index contributed by atoms with van der Waals surface area (Å²) in [4.78, 5) is 27.8. The van der Waals surface area contributed by atoms with Crippen LogP contribution in [0, 0.1) is 6.92 Å². The van der Waals surface area contributed by atoms with E-state index in [2.05, 4.69) is 50.4 Å². The molecule has 1 aliphatic rings. The summed E-state index contributed by atoms with van der Waals surface area (Å²) in [5.41, 5.74) is 3.11. The van der Waals surface area contributed by atoms with Gasteiger partial charge in [-0.3, -0.25) is 5.32 Å². The number of anilines is 3. The van der Waals surface area contributed by atoms with Crippen molar-refractivity contribution in [1.29, 1.82) is 0 Å². The summed E-state index contributed by atoms with van der Waals surface area (Å²) in [7, 11) is 0. The number of thioether (sulfide) groups is 1. The Morgan fingerprint density at radius 3 is 2.83 bits per heavy atom. The highest BCUT2D eigenvalue weighted by molar-refractivity contribution is 7.99. The van der Waals surface area contributed by atoms with Gasteiger partial charge in [0.15, 0.2) is 10.3 Å². The number of carbonyl (C=O) groups is 1. The van der Waals surface area contributed by atoms with Crippen LogP contribution in [-0.2, 0) is 0 Å². The molecule has 158 valence electrons. The van der Waals surface area contributed by atoms with E-state index in [0.717, 1.165) is 34.5 Å². The number of urea groups is 1. The predicted octanol–water partition coefficient (Wildman–Crippen LogP) is 5.66. The molecule has 2 aromatic heterocycles. The monoisotopic (exact) mass is 442 g/mol. The van der Waals surface area contributed by atoms with Crippen LogP contribution in [0.2, 0.25) is 0 Å². The Kier molecular flexibility index (Phi) is 6.59. The Morgan fingerprint density at radius 2 is 2.07 bits per heavy atom. The van der Waals surface area contributed by atoms with E-state index >= 15 is 0 Å². The molecule has 9 heteroatoms. The molecule has 3 aromatic rings. The number of rotatable bonds is 6. The third-order valence-electron chi connectivity index (χ3n) is 5.00. The summed E-state index contributed by atoms with van der Waals surface area (Å²) in [5, 5.41) is 7.53. The number of hydrogen-bond donors (Lipinski definition) is 3. The minimum Gasteiger partial charge on any atom is -0.370 e. The van der Waals surface area contributed by atoms with Gasteiger partial charge in [-0.25, -0.2) is 14.8 Å². The number of amides is 2. The van der Waals surface area contributed by atoms with E-state index in [4.69, 9.17) is 0 Å². The first-order valence-corrected chi connectivity index (χ1v) is 11.8. The lowest BCUT2D eigenvalue weighted by atomic mass is 10.1. The van der Waals surface area contributed by atoms with Gasteiger partial charge in [0, 0.05) is 41.8 Å². The van der Waals surface area contributed by atoms with E-state index in [1.807, 2.05) is 24.5 Å². The van der Waals surface area contributed by atoms with Crippen LogP contribution in [-0.4, -0.2) is 34.1 Å². The number of aryl methyl sites for hydroxylation is 1. The number of nitrogens with zero attached hydrogens (tertiary/aromatic N) is 3. The van der Waals surface area contributed by atoms with Gasteiger partial charge in [-0.15, -0.1) is 11.3 Å². The molecule has 30 heavy (non-hydrogen) atoms. The van der Waals surface area contributed by atoms with Crippen molar-refractivity contribution in [2.45, 2.75) is 43.5 Å². The normalized spacial score (nSPS) is 15.1. The number of benzene rings is 1. The fourth-order valence-corrected chi connectivity index (χ4v) is 5.27. The molecule has 0 radical (unpaired) electrons. The summed E-state index contributed by atoms with van der Waals surface area (Å²) in [5.74, 6) is 0. The zero-order valence-electron chi connectivity index (χ0n) is 17.1. The molecule has 1 fully saturated rings. The largest absolute Gasteiger partial charge is 0.370 e. The van der Waals surface area contributed by atoms with Gasteiger partial charge < -0.3 is 15.2 Å². The lowest BCUT2D eigenvalue weighted by Crippen LogP contribution is -2.31. The molecule has 0 saturated carbocycles. The summed E-state index contributed by atoms with van der Waals surface area (Å²) in [6.07, 6.45) is 9.01. The van der Waals surface area contributed by atoms with Crippen LogP contribution in [0.1, 0.15) is 41.9 Å². The van der Waals surface area contributed by atoms with Crippen molar-refractivity contribution >= 4 is 45.6 Å². The van der Waals surface area contributed by atoms with E-state index < -0.39 is 0 Å². The third kappa shape index (κ3) is 5.14. The molecular formula is C21H26N6OS2. The molecule has 1 aliphatic heterocycles. The number of thiazole rings is 1. The SMILES string of the molecule is Cc1ccc(NC(=O)Nc2ncc(C(C)Sc3ncc[nH]3)s2)c(N2CCCCC2)c1. The van der Waals surface area contributed by atoms with Crippen molar-refractivity contribution in [3.63, 3.8) is 0 Å². The Balaban J connectivity index is 1.40. The Morgan fingerprint density at radius 1 is 1.23 bits per heavy atom. The number of H-pyrrole nitrogens is 1. The van der Waals surface area contributed by atoms with Gasteiger partial charge in [-0.05, 0) is 50.8 Å². The number of nitrogens with one attached hydrogen (secondary N) is 3. The van der Waals surface area contributed by atoms with Crippen LogP contribution in [0.15, 0.2) is 41.9 Å². The van der Waals surface area contributed by atoms with E-state index in [0.29, 0.717) is 5.13 Å². The van der Waals surface area contributed by atoms with Gasteiger partial charge >= 0.3 is 6.03 Å². The number of carbonyl (C=O) groups excluding carboxylic acids is 1. The molecular weight excluding hydrogens is 416 g/mol. The second-order valence-electron chi connectivity index (χ2n) is 7.37. The minimum atomic E-state index is -0.274. The number of imidazole rings is 1. The molecule has 0 spiro atoms. The van der Waals surface area contributed by atoms with Crippen LogP contribution in [0.25, 0.3) is 0 Å². The second-order valence-corrected chi connectivity index (χ2v) is 9.76. The Hall–Kier alpha value is -2.52. The summed E-state index contributed by atoms with van der Waals surface area (Å²) in [6, 6.07) is 5.88. The van der Waals surface area contributed by atoms with Gasteiger partial charge in [-0.1, -0.05) is 17.8 Å². The van der Waals surface area contributed by atoms with Crippen LogP contribution in [0.4, 0.5) is 21.3 Å².